The third-order valence-corrected chi connectivity index (χ3v) is 6.51. The number of amides is 1. The zero-order valence-corrected chi connectivity index (χ0v) is 17.4. The minimum Gasteiger partial charge on any atom is -0.477 e. The van der Waals surface area contributed by atoms with E-state index in [-0.39, 0.29) is 22.9 Å². The lowest BCUT2D eigenvalue weighted by Crippen LogP contribution is -2.62. The van der Waals surface area contributed by atoms with E-state index in [1.54, 1.807) is 10.9 Å². The normalized spacial score (nSPS) is 23.4. The van der Waals surface area contributed by atoms with Crippen molar-refractivity contribution in [3.05, 3.63) is 29.7 Å². The maximum absolute atomic E-state index is 13.5. The summed E-state index contributed by atoms with van der Waals surface area (Å²) in [5, 5.41) is 8.97. The second-order valence-corrected chi connectivity index (χ2v) is 9.49. The van der Waals surface area contributed by atoms with E-state index in [0.29, 0.717) is 18.1 Å². The van der Waals surface area contributed by atoms with Crippen LogP contribution in [0.3, 0.4) is 0 Å². The van der Waals surface area contributed by atoms with Gasteiger partial charge in [0.1, 0.15) is 5.56 Å². The molecule has 1 atom stereocenters. The zero-order chi connectivity index (χ0) is 20.2. The van der Waals surface area contributed by atoms with Crippen molar-refractivity contribution in [1.82, 2.24) is 24.5 Å². The lowest BCUT2D eigenvalue weighted by molar-refractivity contribution is -0.115. The number of hydrogen-bond acceptors (Lipinski definition) is 5. The first-order valence-corrected chi connectivity index (χ1v) is 10.5. The Morgan fingerprint density at radius 2 is 1.97 bits per heavy atom. The highest BCUT2D eigenvalue weighted by Gasteiger charge is 2.56. The molecular weight excluding hydrogens is 370 g/mol. The fraction of sp³-hybridized carbons (Fsp3) is 0.667. The SMILES string of the molecule is CC(C)(C)n1cc(C2N(C(=O)c3cnn4c3OCCC4)CC23CCOCC3)cn1. The molecule has 1 unspecified atom stereocenters. The van der Waals surface area contributed by atoms with Crippen LogP contribution < -0.4 is 4.74 Å². The molecule has 8 heteroatoms. The van der Waals surface area contributed by atoms with Crippen LogP contribution in [0.1, 0.15) is 62.0 Å². The lowest BCUT2D eigenvalue weighted by Gasteiger charge is -2.58. The van der Waals surface area contributed by atoms with Crippen molar-refractivity contribution in [2.45, 2.75) is 58.2 Å². The van der Waals surface area contributed by atoms with Crippen LogP contribution in [-0.2, 0) is 16.8 Å². The number of aromatic nitrogens is 4. The summed E-state index contributed by atoms with van der Waals surface area (Å²) in [6, 6.07) is 0.00846. The molecule has 5 rings (SSSR count). The molecule has 1 amide bonds. The number of aryl methyl sites for hydroxylation is 1. The molecule has 8 nitrogen and oxygen atoms in total. The Morgan fingerprint density at radius 3 is 2.69 bits per heavy atom. The van der Waals surface area contributed by atoms with Gasteiger partial charge in [-0.2, -0.15) is 10.2 Å². The van der Waals surface area contributed by atoms with Crippen molar-refractivity contribution in [3.63, 3.8) is 0 Å². The standard InChI is InChI=1S/C21H29N5O3/c1-20(2,3)26-13-15(11-23-26)17-21(5-9-28-10-6-21)14-24(17)18(27)16-12-22-25-7-4-8-29-19(16)25/h11-13,17H,4-10,14H2,1-3H3. The number of carbonyl (C=O) groups is 1. The minimum absolute atomic E-state index is 0.00113. The molecule has 3 aliphatic heterocycles. The van der Waals surface area contributed by atoms with E-state index in [1.165, 1.54) is 0 Å². The van der Waals surface area contributed by atoms with E-state index in [2.05, 4.69) is 37.2 Å². The molecule has 2 fully saturated rings. The number of nitrogens with zero attached hydrogens (tertiary/aromatic N) is 5. The first-order chi connectivity index (χ1) is 13.9. The molecular formula is C21H29N5O3. The Morgan fingerprint density at radius 1 is 1.17 bits per heavy atom. The van der Waals surface area contributed by atoms with Crippen LogP contribution in [0.2, 0.25) is 0 Å². The Hall–Kier alpha value is -2.35. The maximum atomic E-state index is 13.5. The van der Waals surface area contributed by atoms with E-state index in [0.717, 1.165) is 51.1 Å². The summed E-state index contributed by atoms with van der Waals surface area (Å²) < 4.78 is 15.2. The molecule has 0 aliphatic carbocycles. The van der Waals surface area contributed by atoms with Gasteiger partial charge in [-0.3, -0.25) is 9.48 Å². The number of carbonyl (C=O) groups excluding carboxylic acids is 1. The summed E-state index contributed by atoms with van der Waals surface area (Å²) in [6.07, 6.45) is 8.54. The van der Waals surface area contributed by atoms with Crippen LogP contribution in [0.15, 0.2) is 18.6 Å². The summed E-state index contributed by atoms with van der Waals surface area (Å²) in [4.78, 5) is 15.5. The highest BCUT2D eigenvalue weighted by molar-refractivity contribution is 5.97. The molecule has 3 aliphatic rings. The van der Waals surface area contributed by atoms with Crippen molar-refractivity contribution < 1.29 is 14.3 Å². The van der Waals surface area contributed by atoms with E-state index in [1.807, 2.05) is 15.8 Å². The van der Waals surface area contributed by atoms with Gasteiger partial charge in [0.05, 0.1) is 30.6 Å². The molecule has 0 radical (unpaired) electrons. The second kappa shape index (κ2) is 6.58. The van der Waals surface area contributed by atoms with Crippen LogP contribution in [0.5, 0.6) is 5.88 Å². The van der Waals surface area contributed by atoms with Crippen LogP contribution in [0.4, 0.5) is 0 Å². The summed E-state index contributed by atoms with van der Waals surface area (Å²) in [6.45, 7) is 10.1. The van der Waals surface area contributed by atoms with Gasteiger partial charge in [-0.25, -0.2) is 4.68 Å². The summed E-state index contributed by atoms with van der Waals surface area (Å²) >= 11 is 0. The van der Waals surface area contributed by atoms with Crippen molar-refractivity contribution >= 4 is 5.91 Å². The Balaban J connectivity index is 1.48. The van der Waals surface area contributed by atoms with E-state index < -0.39 is 0 Å². The van der Waals surface area contributed by atoms with Crippen LogP contribution >= 0.6 is 0 Å². The van der Waals surface area contributed by atoms with Gasteiger partial charge in [0, 0.05) is 49.9 Å². The molecule has 2 saturated heterocycles. The van der Waals surface area contributed by atoms with Crippen molar-refractivity contribution in [3.8, 4) is 5.88 Å². The quantitative estimate of drug-likeness (QED) is 0.776. The monoisotopic (exact) mass is 399 g/mol. The largest absolute Gasteiger partial charge is 0.477 e. The summed E-state index contributed by atoms with van der Waals surface area (Å²) in [5.74, 6) is 0.608. The first kappa shape index (κ1) is 18.7. The molecule has 1 spiro atoms. The van der Waals surface area contributed by atoms with Gasteiger partial charge in [-0.15, -0.1) is 0 Å². The highest BCUT2D eigenvalue weighted by atomic mass is 16.5. The predicted octanol–water partition coefficient (Wildman–Crippen LogP) is 2.61. The van der Waals surface area contributed by atoms with Crippen molar-refractivity contribution in [2.75, 3.05) is 26.4 Å². The number of rotatable bonds is 2. The molecule has 0 bridgehead atoms. The Labute approximate surface area is 170 Å². The average molecular weight is 399 g/mol. The maximum Gasteiger partial charge on any atom is 0.261 e. The molecule has 0 N–H and O–H groups in total. The predicted molar refractivity (Wildman–Crippen MR) is 106 cm³/mol. The Kier molecular flexibility index (Phi) is 4.24. The minimum atomic E-state index is -0.0984. The second-order valence-electron chi connectivity index (χ2n) is 9.49. The topological polar surface area (TPSA) is 74.4 Å². The summed E-state index contributed by atoms with van der Waals surface area (Å²) in [5.41, 5.74) is 1.63. The fourth-order valence-corrected chi connectivity index (χ4v) is 4.88. The zero-order valence-electron chi connectivity index (χ0n) is 17.4. The third kappa shape index (κ3) is 2.96. The smallest absolute Gasteiger partial charge is 0.261 e. The van der Waals surface area contributed by atoms with E-state index in [4.69, 9.17) is 9.47 Å². The number of fused-ring (bicyclic) bond motifs is 1. The molecule has 2 aromatic rings. The Bertz CT molecular complexity index is 919. The molecule has 2 aromatic heterocycles. The number of likely N-dealkylation sites (tertiary alicyclic amines) is 1. The van der Waals surface area contributed by atoms with E-state index >= 15 is 0 Å². The summed E-state index contributed by atoms with van der Waals surface area (Å²) in [7, 11) is 0. The van der Waals surface area contributed by atoms with Crippen molar-refractivity contribution in [2.24, 2.45) is 5.41 Å². The van der Waals surface area contributed by atoms with Crippen molar-refractivity contribution in [1.29, 1.82) is 0 Å². The van der Waals surface area contributed by atoms with Gasteiger partial charge in [0.15, 0.2) is 0 Å². The molecule has 29 heavy (non-hydrogen) atoms. The number of hydrogen-bond donors (Lipinski definition) is 0. The lowest BCUT2D eigenvalue weighted by atomic mass is 9.64. The van der Waals surface area contributed by atoms with Gasteiger partial charge in [0.2, 0.25) is 5.88 Å². The molecule has 5 heterocycles. The van der Waals surface area contributed by atoms with Crippen LogP contribution in [-0.4, -0.2) is 56.7 Å². The van der Waals surface area contributed by atoms with Crippen LogP contribution in [0, 0.1) is 5.41 Å². The van der Waals surface area contributed by atoms with Gasteiger partial charge in [0.25, 0.3) is 5.91 Å². The van der Waals surface area contributed by atoms with Gasteiger partial charge in [-0.05, 0) is 33.6 Å². The highest BCUT2D eigenvalue weighted by Crippen LogP contribution is 2.55. The van der Waals surface area contributed by atoms with Crippen LogP contribution in [0.25, 0.3) is 0 Å². The van der Waals surface area contributed by atoms with Gasteiger partial charge < -0.3 is 14.4 Å². The number of ether oxygens (including phenoxy) is 2. The third-order valence-electron chi connectivity index (χ3n) is 6.51. The fourth-order valence-electron chi connectivity index (χ4n) is 4.88. The molecule has 0 aromatic carbocycles. The molecule has 156 valence electrons. The first-order valence-electron chi connectivity index (χ1n) is 10.5. The van der Waals surface area contributed by atoms with Gasteiger partial charge >= 0.3 is 0 Å². The van der Waals surface area contributed by atoms with E-state index in [9.17, 15) is 4.79 Å². The van der Waals surface area contributed by atoms with Gasteiger partial charge in [-0.1, -0.05) is 0 Å². The molecule has 0 saturated carbocycles. The average Bonchev–Trinajstić information content (AvgIpc) is 3.33.